The highest BCUT2D eigenvalue weighted by Gasteiger charge is 2.24. The summed E-state index contributed by atoms with van der Waals surface area (Å²) in [5.41, 5.74) is 4.65. The number of anilines is 1. The van der Waals surface area contributed by atoms with Gasteiger partial charge in [0, 0.05) is 12.2 Å². The summed E-state index contributed by atoms with van der Waals surface area (Å²) in [6.07, 6.45) is 2.44. The Morgan fingerprint density at radius 2 is 2.00 bits per heavy atom. The number of nitrogens with zero attached hydrogens (tertiary/aromatic N) is 1. The largest absolute Gasteiger partial charge is 0.496 e. The van der Waals surface area contributed by atoms with Crippen LogP contribution in [-0.4, -0.2) is 26.0 Å². The van der Waals surface area contributed by atoms with Crippen LogP contribution in [0.4, 0.5) is 11.4 Å². The summed E-state index contributed by atoms with van der Waals surface area (Å²) in [5, 5.41) is 13.6. The van der Waals surface area contributed by atoms with E-state index in [1.165, 1.54) is 25.9 Å². The molecular formula is C20H26N2O5. The Hall–Kier alpha value is -2.64. The van der Waals surface area contributed by atoms with Crippen molar-refractivity contribution in [2.24, 2.45) is 5.18 Å². The van der Waals surface area contributed by atoms with Crippen LogP contribution in [0.1, 0.15) is 38.9 Å². The summed E-state index contributed by atoms with van der Waals surface area (Å²) in [6, 6.07) is 4.89. The highest BCUT2D eigenvalue weighted by atomic mass is 16.5. The summed E-state index contributed by atoms with van der Waals surface area (Å²) in [7, 11) is 3.06. The monoisotopic (exact) mass is 374 g/mol. The zero-order valence-corrected chi connectivity index (χ0v) is 16.3. The zero-order chi connectivity index (χ0) is 20.0. The maximum absolute atomic E-state index is 11.4. The van der Waals surface area contributed by atoms with Gasteiger partial charge in [-0.05, 0) is 50.6 Å². The predicted molar refractivity (Wildman–Crippen MR) is 106 cm³/mol. The molecule has 2 N–H and O–H groups in total. The van der Waals surface area contributed by atoms with Crippen molar-refractivity contribution < 1.29 is 19.4 Å². The fourth-order valence-corrected chi connectivity index (χ4v) is 3.12. The standard InChI is InChI=1S/C20H26N2O5/c1-6-27-16(10-7-12(2)3)13-11-17(25-4)18-14(21-23)8-9-15(22-24)19(18)20(13)26-5/h7-9,11,16,21,23H,6,10H2,1-5H3. The third-order valence-electron chi connectivity index (χ3n) is 4.30. The fraction of sp³-hybridized carbons (Fsp3) is 0.400. The molecule has 0 bridgehead atoms. The van der Waals surface area contributed by atoms with Gasteiger partial charge in [-0.3, -0.25) is 10.7 Å². The molecule has 0 aliphatic carbocycles. The molecule has 0 spiro atoms. The highest BCUT2D eigenvalue weighted by molar-refractivity contribution is 6.08. The van der Waals surface area contributed by atoms with Gasteiger partial charge in [0.05, 0.1) is 36.8 Å². The first kappa shape index (κ1) is 20.7. The third kappa shape index (κ3) is 4.20. The van der Waals surface area contributed by atoms with E-state index in [0.29, 0.717) is 41.0 Å². The zero-order valence-electron chi connectivity index (χ0n) is 16.3. The Morgan fingerprint density at radius 3 is 2.52 bits per heavy atom. The van der Waals surface area contributed by atoms with Crippen molar-refractivity contribution in [3.05, 3.63) is 40.3 Å². The molecular weight excluding hydrogens is 348 g/mol. The molecule has 0 saturated heterocycles. The van der Waals surface area contributed by atoms with E-state index in [0.717, 1.165) is 5.56 Å². The Labute approximate surface area is 158 Å². The second-order valence-electron chi connectivity index (χ2n) is 6.25. The van der Waals surface area contributed by atoms with Gasteiger partial charge in [0.1, 0.15) is 17.2 Å². The molecule has 0 aliphatic heterocycles. The van der Waals surface area contributed by atoms with Crippen molar-refractivity contribution in [3.8, 4) is 11.5 Å². The topological polar surface area (TPSA) is 89.4 Å². The van der Waals surface area contributed by atoms with E-state index in [1.54, 1.807) is 6.07 Å². The number of benzene rings is 2. The molecule has 146 valence electrons. The second kappa shape index (κ2) is 9.34. The number of hydrogen-bond acceptors (Lipinski definition) is 7. The first-order valence-electron chi connectivity index (χ1n) is 8.72. The number of ether oxygens (including phenoxy) is 3. The molecule has 7 heteroatoms. The molecule has 2 aromatic rings. The number of nitrogens with one attached hydrogen (secondary N) is 1. The smallest absolute Gasteiger partial charge is 0.135 e. The fourth-order valence-electron chi connectivity index (χ4n) is 3.12. The lowest BCUT2D eigenvalue weighted by Crippen LogP contribution is -2.07. The van der Waals surface area contributed by atoms with Gasteiger partial charge in [-0.2, -0.15) is 0 Å². The third-order valence-corrected chi connectivity index (χ3v) is 4.30. The Morgan fingerprint density at radius 1 is 1.26 bits per heavy atom. The minimum atomic E-state index is -0.289. The summed E-state index contributed by atoms with van der Waals surface area (Å²) < 4.78 is 17.2. The summed E-state index contributed by atoms with van der Waals surface area (Å²) in [4.78, 5) is 11.4. The normalized spacial score (nSPS) is 11.8. The van der Waals surface area contributed by atoms with Crippen molar-refractivity contribution in [3.63, 3.8) is 0 Å². The van der Waals surface area contributed by atoms with Crippen molar-refractivity contribution in [1.29, 1.82) is 0 Å². The lowest BCUT2D eigenvalue weighted by molar-refractivity contribution is 0.0628. The Bertz CT molecular complexity index is 844. The molecule has 0 aliphatic rings. The molecule has 0 fully saturated rings. The molecule has 1 unspecified atom stereocenters. The lowest BCUT2D eigenvalue weighted by atomic mass is 9.96. The average molecular weight is 374 g/mol. The number of nitroso groups, excluding NO2 is 1. The van der Waals surface area contributed by atoms with Gasteiger partial charge in [0.2, 0.25) is 0 Å². The Balaban J connectivity index is 2.87. The molecule has 27 heavy (non-hydrogen) atoms. The second-order valence-corrected chi connectivity index (χ2v) is 6.25. The maximum Gasteiger partial charge on any atom is 0.135 e. The molecule has 0 radical (unpaired) electrons. The molecule has 0 heterocycles. The highest BCUT2D eigenvalue weighted by Crippen LogP contribution is 2.48. The van der Waals surface area contributed by atoms with Gasteiger partial charge in [0.15, 0.2) is 0 Å². The number of allylic oxidation sites excluding steroid dienone is 1. The van der Waals surface area contributed by atoms with Crippen molar-refractivity contribution in [1.82, 2.24) is 0 Å². The lowest BCUT2D eigenvalue weighted by Gasteiger charge is -2.23. The van der Waals surface area contributed by atoms with Crippen LogP contribution in [-0.2, 0) is 4.74 Å². The van der Waals surface area contributed by atoms with Gasteiger partial charge in [0.25, 0.3) is 0 Å². The summed E-state index contributed by atoms with van der Waals surface area (Å²) in [5.74, 6) is 0.947. The number of rotatable bonds is 9. The van der Waals surface area contributed by atoms with Gasteiger partial charge in [-0.15, -0.1) is 4.91 Å². The molecule has 0 aromatic heterocycles. The average Bonchev–Trinajstić information content (AvgIpc) is 2.68. The van der Waals surface area contributed by atoms with Crippen LogP contribution >= 0.6 is 0 Å². The van der Waals surface area contributed by atoms with Crippen molar-refractivity contribution in [2.45, 2.75) is 33.3 Å². The summed E-state index contributed by atoms with van der Waals surface area (Å²) in [6.45, 7) is 6.48. The van der Waals surface area contributed by atoms with Crippen LogP contribution in [0.25, 0.3) is 10.8 Å². The van der Waals surface area contributed by atoms with E-state index in [9.17, 15) is 10.1 Å². The minimum Gasteiger partial charge on any atom is -0.496 e. The number of hydrogen-bond donors (Lipinski definition) is 2. The first-order chi connectivity index (χ1) is 13.0. The molecule has 0 amide bonds. The van der Waals surface area contributed by atoms with Crippen molar-refractivity contribution in [2.75, 3.05) is 26.3 Å². The van der Waals surface area contributed by atoms with E-state index in [1.807, 2.05) is 26.8 Å². The van der Waals surface area contributed by atoms with Crippen LogP contribution in [0.2, 0.25) is 0 Å². The van der Waals surface area contributed by atoms with Crippen LogP contribution in [0.5, 0.6) is 11.5 Å². The molecule has 2 rings (SSSR count). The van der Waals surface area contributed by atoms with Gasteiger partial charge in [-0.1, -0.05) is 11.6 Å². The number of fused-ring (bicyclic) bond motifs is 1. The van der Waals surface area contributed by atoms with Crippen LogP contribution in [0.3, 0.4) is 0 Å². The van der Waals surface area contributed by atoms with E-state index < -0.39 is 0 Å². The molecule has 2 aromatic carbocycles. The molecule has 7 nitrogen and oxygen atoms in total. The SMILES string of the molecule is CCOC(CC=C(C)C)c1cc(OC)c2c(NO)ccc(N=O)c2c1OC. The molecule has 1 atom stereocenters. The Kier molecular flexibility index (Phi) is 7.15. The van der Waals surface area contributed by atoms with Crippen LogP contribution < -0.4 is 15.0 Å². The van der Waals surface area contributed by atoms with Crippen molar-refractivity contribution >= 4 is 22.1 Å². The number of methoxy groups -OCH3 is 2. The van der Waals surface area contributed by atoms with E-state index in [-0.39, 0.29) is 11.8 Å². The van der Waals surface area contributed by atoms with Crippen LogP contribution in [0.15, 0.2) is 35.0 Å². The first-order valence-corrected chi connectivity index (χ1v) is 8.72. The van der Waals surface area contributed by atoms with E-state index in [4.69, 9.17) is 14.2 Å². The van der Waals surface area contributed by atoms with Crippen LogP contribution in [0, 0.1) is 4.91 Å². The maximum atomic E-state index is 11.4. The summed E-state index contributed by atoms with van der Waals surface area (Å²) >= 11 is 0. The van der Waals surface area contributed by atoms with Gasteiger partial charge in [-0.25, -0.2) is 0 Å². The van der Waals surface area contributed by atoms with Gasteiger partial charge >= 0.3 is 0 Å². The van der Waals surface area contributed by atoms with E-state index >= 15 is 0 Å². The molecule has 0 saturated carbocycles. The quantitative estimate of drug-likeness (QED) is 0.343. The van der Waals surface area contributed by atoms with Gasteiger partial charge < -0.3 is 14.2 Å². The predicted octanol–water partition coefficient (Wildman–Crippen LogP) is 5.49. The minimum absolute atomic E-state index is 0.193. The van der Waals surface area contributed by atoms with E-state index in [2.05, 4.69) is 16.7 Å².